The first-order chi connectivity index (χ1) is 65.7. The highest BCUT2D eigenvalue weighted by Crippen LogP contribution is 2.29. The molecule has 0 unspecified atom stereocenters. The number of amides is 15. The number of aliphatic hydroxyl groups is 2. The van der Waals surface area contributed by atoms with E-state index in [2.05, 4.69) is 52.8 Å². The minimum absolute atomic E-state index is 0.0268. The Morgan fingerprint density at radius 1 is 0.514 bits per heavy atom. The number of nitrogens with one attached hydrogen (secondary N) is 10. The Bertz CT molecular complexity index is 5510. The second-order valence-electron chi connectivity index (χ2n) is 35.8. The highest BCUT2D eigenvalue weighted by molar-refractivity contribution is 8.00. The SMILES string of the molecule is CCCC[C@H]1C(=O)N2C[C@@H](O)C[C@@H]2C(=O)N[C@@H](CC(=O)O)C(=O)N[C@@H](C(C)C)C(=O)N(C)[C@@H](Cc2ccccc2)C(=O)N[C@@H](Cc2ccc(OC)cc2)C(=O)N2C[C@@H](O)C[C@@H]2C(=O)N[C@@H](Cc2c[nH]c3ccccc23)C(=O)N[C@@H](Cc2ccc(O)cc2)C(=O)N[C@@H](CC(C)C)C(=O)N[C@H](C(=O)NCC(N)=O)CSCC(=O)N[C@@H](Cc2ccc(F)c(F)c2)C(=O)N(C)[C@@H](Cc2ccccc2)C(=O)N1C. The number of thioether (sulfide) groups is 1. The van der Waals surface area contributed by atoms with Crippen molar-refractivity contribution < 1.29 is 111 Å². The van der Waals surface area contributed by atoms with E-state index in [0.29, 0.717) is 62.7 Å². The molecule has 15 atom stereocenters. The van der Waals surface area contributed by atoms with Crippen LogP contribution >= 0.6 is 11.8 Å². The van der Waals surface area contributed by atoms with Crippen LogP contribution in [0.3, 0.4) is 0 Å². The number of methoxy groups -OCH3 is 1. The number of nitrogens with zero attached hydrogens (tertiary/aromatic N) is 5. The zero-order valence-corrected chi connectivity index (χ0v) is 79.1. The van der Waals surface area contributed by atoms with Gasteiger partial charge in [0.05, 0.1) is 38.0 Å². The number of ether oxygens (including phenoxy) is 1. The molecule has 6 aromatic carbocycles. The summed E-state index contributed by atoms with van der Waals surface area (Å²) in [5, 5.41) is 68.4. The minimum Gasteiger partial charge on any atom is -0.508 e. The molecule has 40 heteroatoms. The fourth-order valence-corrected chi connectivity index (χ4v) is 17.9. The summed E-state index contributed by atoms with van der Waals surface area (Å²) in [5.41, 5.74) is 8.25. The van der Waals surface area contributed by atoms with Crippen molar-refractivity contribution in [3.8, 4) is 11.5 Å². The van der Waals surface area contributed by atoms with E-state index < -0.39 is 266 Å². The molecule has 10 rings (SSSR count). The summed E-state index contributed by atoms with van der Waals surface area (Å²) in [4.78, 5) is 248. The number of carboxylic acids is 1. The number of nitrogens with two attached hydrogens (primary N) is 1. The number of hydrogen-bond donors (Lipinski definition) is 15. The number of aromatic nitrogens is 1. The molecule has 37 nitrogen and oxygen atoms in total. The van der Waals surface area contributed by atoms with Crippen molar-refractivity contribution in [2.45, 2.75) is 209 Å². The molecule has 0 spiro atoms. The lowest BCUT2D eigenvalue weighted by atomic mass is 9.98. The van der Waals surface area contributed by atoms with Crippen LogP contribution in [0.1, 0.15) is 113 Å². The molecule has 16 N–H and O–H groups in total. The lowest BCUT2D eigenvalue weighted by Gasteiger charge is -2.38. The molecule has 3 saturated heterocycles. The third-order valence-electron chi connectivity index (χ3n) is 24.6. The summed E-state index contributed by atoms with van der Waals surface area (Å²) in [6, 6.07) is 16.7. The molecule has 740 valence electrons. The van der Waals surface area contributed by atoms with Gasteiger partial charge in [-0.1, -0.05) is 157 Å². The summed E-state index contributed by atoms with van der Waals surface area (Å²) in [7, 11) is 5.19. The third kappa shape index (κ3) is 29.1. The number of unbranched alkanes of at least 4 members (excludes halogenated alkanes) is 1. The van der Waals surface area contributed by atoms with Crippen LogP contribution < -0.4 is 58.3 Å². The zero-order chi connectivity index (χ0) is 100. The average molecular weight is 1930 g/mol. The molecule has 3 aliphatic rings. The maximum Gasteiger partial charge on any atom is 0.305 e. The van der Waals surface area contributed by atoms with Crippen LogP contribution in [0.15, 0.2) is 158 Å². The molecular weight excluding hydrogens is 1810 g/mol. The summed E-state index contributed by atoms with van der Waals surface area (Å²) >= 11 is 0.711. The molecule has 15 amide bonds. The summed E-state index contributed by atoms with van der Waals surface area (Å²) in [6.07, 6.45) is -4.98. The van der Waals surface area contributed by atoms with E-state index in [1.807, 2.05) is 0 Å². The zero-order valence-electron chi connectivity index (χ0n) is 78.3. The van der Waals surface area contributed by atoms with Crippen molar-refractivity contribution in [2.75, 3.05) is 59.4 Å². The van der Waals surface area contributed by atoms with Gasteiger partial charge in [0.25, 0.3) is 0 Å². The molecule has 0 bridgehead atoms. The Morgan fingerprint density at radius 3 is 1.59 bits per heavy atom. The molecular formula is C98H122F2N16O21S. The topological polar surface area (TPSA) is 530 Å². The number of carboxylic acid groups (broad SMARTS) is 1. The maximum absolute atomic E-state index is 15.9. The van der Waals surface area contributed by atoms with Gasteiger partial charge in [0, 0.05) is 108 Å². The Morgan fingerprint density at radius 2 is 1.01 bits per heavy atom. The number of aliphatic hydroxyl groups excluding tert-OH is 2. The van der Waals surface area contributed by atoms with Gasteiger partial charge in [-0.2, -0.15) is 0 Å². The first-order valence-electron chi connectivity index (χ1n) is 45.7. The number of para-hydroxylation sites is 1. The Kier molecular flexibility index (Phi) is 38.3. The van der Waals surface area contributed by atoms with Crippen molar-refractivity contribution in [1.29, 1.82) is 0 Å². The van der Waals surface area contributed by atoms with Crippen molar-refractivity contribution in [3.05, 3.63) is 203 Å². The van der Waals surface area contributed by atoms with Crippen LogP contribution in [-0.4, -0.2) is 295 Å². The van der Waals surface area contributed by atoms with E-state index >= 15 is 57.1 Å². The van der Waals surface area contributed by atoms with Crippen LogP contribution in [0.25, 0.3) is 10.9 Å². The van der Waals surface area contributed by atoms with Gasteiger partial charge in [0.15, 0.2) is 11.6 Å². The molecule has 3 fully saturated rings. The number of aromatic amines is 1. The fraction of sp³-hybridized carbons (Fsp3) is 0.449. The molecule has 0 aliphatic carbocycles. The summed E-state index contributed by atoms with van der Waals surface area (Å²) in [6.45, 7) is 6.46. The van der Waals surface area contributed by atoms with Crippen molar-refractivity contribution in [2.24, 2.45) is 17.6 Å². The number of phenolic OH excluding ortho intramolecular Hbond substituents is 1. The predicted molar refractivity (Wildman–Crippen MR) is 504 cm³/mol. The number of H-pyrrole nitrogens is 1. The van der Waals surface area contributed by atoms with Gasteiger partial charge < -0.3 is 108 Å². The third-order valence-corrected chi connectivity index (χ3v) is 25.6. The van der Waals surface area contributed by atoms with Gasteiger partial charge >= 0.3 is 5.97 Å². The second-order valence-corrected chi connectivity index (χ2v) is 36.8. The quantitative estimate of drug-likeness (QED) is 0.0411. The van der Waals surface area contributed by atoms with E-state index in [1.54, 1.807) is 136 Å². The van der Waals surface area contributed by atoms with E-state index in [4.69, 9.17) is 10.5 Å². The number of carbonyl (C=O) groups excluding carboxylic acids is 15. The Balaban J connectivity index is 1.07. The highest BCUT2D eigenvalue weighted by atomic mass is 32.2. The fourth-order valence-electron chi connectivity index (χ4n) is 17.1. The van der Waals surface area contributed by atoms with E-state index in [9.17, 15) is 48.8 Å². The number of benzene rings is 6. The average Bonchev–Trinajstić information content (AvgIpc) is 1.56. The number of halogens is 2. The van der Waals surface area contributed by atoms with Gasteiger partial charge in [-0.3, -0.25) is 76.7 Å². The normalized spacial score (nSPS) is 24.2. The lowest BCUT2D eigenvalue weighted by molar-refractivity contribution is -0.152. The minimum atomic E-state index is -2.03. The van der Waals surface area contributed by atoms with Crippen LogP contribution in [0.2, 0.25) is 0 Å². The molecule has 7 aromatic rings. The van der Waals surface area contributed by atoms with Gasteiger partial charge in [-0.15, -0.1) is 11.8 Å². The first kappa shape index (κ1) is 106. The molecule has 0 radical (unpaired) electrons. The smallest absolute Gasteiger partial charge is 0.305 e. The lowest BCUT2D eigenvalue weighted by Crippen LogP contribution is -2.62. The van der Waals surface area contributed by atoms with Crippen LogP contribution in [0.4, 0.5) is 8.78 Å². The second kappa shape index (κ2) is 49.7. The van der Waals surface area contributed by atoms with Gasteiger partial charge in [0.2, 0.25) is 88.6 Å². The number of aliphatic carboxylic acids is 1. The number of fused-ring (bicyclic) bond motifs is 3. The highest BCUT2D eigenvalue weighted by Gasteiger charge is 2.48. The summed E-state index contributed by atoms with van der Waals surface area (Å²) in [5.74, 6) is -21.4. The number of rotatable bonds is 24. The standard InChI is InChI=1S/C98H122F2N16O21S/c1-10-11-26-77-97(135)116-51-64(119)46-80(116)93(131)108-73(47-84(122)123)90(128)111-85(55(4)5)98(136)113(7)78(42-56-20-14-12-15-21-56)91(129)109-75(40-59-29-34-65(137-9)35-30-59)95(133)115-50-63(118)45-79(115)92(130)107-72(44-61-48-102-69-25-19-18-24-66(61)69)89(127)106-71(39-58-27-32-62(117)33-28-58)88(126)105-70(37-54(2)3)87(125)110-76(86(124)103-49-82(101)120)52-138-53-83(121)104-74(41-60-31-36-67(99)68(100)38-60)94(132)114(8)81(96(134)112(77)6)43-57-22-16-13-17-23-57/h12-25,27-36,38,48,54-55,63-64,70-81,85,102,117-119H,10-11,26,37,39-47,49-53H2,1-9H3,(H2,101,120)(H,103,124)(H,104,121)(H,105,126)(H,106,127)(H,107,130)(H,108,131)(H,109,129)(H,110,125)(H,111,128)(H,122,123)/t63-,64-,70-,71-,72-,73-,74-,75-,76-,77-,78-,79+,80+,81-,85-/m0/s1. The number of hydrogen-bond acceptors (Lipinski definition) is 21. The maximum atomic E-state index is 15.9. The van der Waals surface area contributed by atoms with Crippen LogP contribution in [0, 0.1) is 23.5 Å². The van der Waals surface area contributed by atoms with Crippen molar-refractivity contribution in [1.82, 2.24) is 77.3 Å². The molecule has 138 heavy (non-hydrogen) atoms. The Labute approximate surface area is 801 Å². The predicted octanol–water partition coefficient (Wildman–Crippen LogP) is 1.91. The number of primary amides is 1. The number of carbonyl (C=O) groups is 16. The number of aromatic hydroxyl groups is 1. The van der Waals surface area contributed by atoms with E-state index in [0.717, 1.165) is 42.7 Å². The van der Waals surface area contributed by atoms with Gasteiger partial charge in [-0.25, -0.2) is 8.78 Å². The largest absolute Gasteiger partial charge is 0.508 e. The van der Waals surface area contributed by atoms with E-state index in [-0.39, 0.29) is 62.7 Å². The van der Waals surface area contributed by atoms with Gasteiger partial charge in [0.1, 0.15) is 90.0 Å². The molecule has 1 aromatic heterocycles. The monoisotopic (exact) mass is 1930 g/mol. The van der Waals surface area contributed by atoms with Gasteiger partial charge in [-0.05, 0) is 101 Å². The Hall–Kier alpha value is -13.9. The first-order valence-corrected chi connectivity index (χ1v) is 46.9. The summed E-state index contributed by atoms with van der Waals surface area (Å²) < 4.78 is 35.3. The van der Waals surface area contributed by atoms with Crippen LogP contribution in [0.5, 0.6) is 11.5 Å². The molecule has 4 heterocycles. The number of phenols is 1. The number of likely N-dealkylation sites (N-methyl/N-ethyl adjacent to an activating group) is 3. The van der Waals surface area contributed by atoms with E-state index in [1.165, 1.54) is 66.4 Å². The molecule has 3 aliphatic heterocycles. The van der Waals surface area contributed by atoms with Crippen molar-refractivity contribution >= 4 is 117 Å². The van der Waals surface area contributed by atoms with Crippen molar-refractivity contribution in [3.63, 3.8) is 0 Å². The molecule has 0 saturated carbocycles. The van der Waals surface area contributed by atoms with Crippen LogP contribution in [-0.2, 0) is 115 Å².